The first-order chi connectivity index (χ1) is 14.3. The number of nitrogens with zero attached hydrogens (tertiary/aromatic N) is 4. The summed E-state index contributed by atoms with van der Waals surface area (Å²) >= 11 is 6.12. The summed E-state index contributed by atoms with van der Waals surface area (Å²) in [4.78, 5) is 15.4. The van der Waals surface area contributed by atoms with Crippen molar-refractivity contribution in [2.24, 2.45) is 4.99 Å². The van der Waals surface area contributed by atoms with E-state index in [2.05, 4.69) is 42.6 Å². The van der Waals surface area contributed by atoms with Crippen LogP contribution in [0.1, 0.15) is 6.42 Å². The minimum Gasteiger partial charge on any atom is -0.370 e. The van der Waals surface area contributed by atoms with Gasteiger partial charge < -0.3 is 10.6 Å². The van der Waals surface area contributed by atoms with E-state index in [0.717, 1.165) is 60.4 Å². The number of hydrogen-bond acceptors (Lipinski definition) is 6. The first-order valence-electron chi connectivity index (χ1n) is 9.67. The molecular formula is C22H23ClN6. The Labute approximate surface area is 175 Å². The molecule has 7 heteroatoms. The normalized spacial score (nSPS) is 13.6. The van der Waals surface area contributed by atoms with Crippen molar-refractivity contribution in [1.29, 1.82) is 0 Å². The first kappa shape index (κ1) is 19.4. The minimum atomic E-state index is 0.561. The van der Waals surface area contributed by atoms with Gasteiger partial charge in [-0.1, -0.05) is 35.9 Å². The molecule has 0 aliphatic carbocycles. The summed E-state index contributed by atoms with van der Waals surface area (Å²) in [6, 6.07) is 17.8. The molecule has 3 aromatic rings. The smallest absolute Gasteiger partial charge is 0.229 e. The quantitative estimate of drug-likeness (QED) is 0.531. The molecule has 0 atom stereocenters. The Kier molecular flexibility index (Phi) is 6.34. The molecule has 1 aliphatic heterocycles. The standard InChI is InChI=1S/C22H23ClN6/c23-19-6-1-4-17(14-19)18-5-2-7-20(15-18)27-22-26-10-8-21(28-22)25-9-3-12-29-13-11-24-16-29/h1-2,4-8,10-11,14-15H,3,9,12-13,16H2,(H2,25,26,27,28). The molecule has 0 unspecified atom stereocenters. The molecule has 2 aromatic carbocycles. The van der Waals surface area contributed by atoms with Gasteiger partial charge in [-0.3, -0.25) is 9.89 Å². The van der Waals surface area contributed by atoms with E-state index >= 15 is 0 Å². The van der Waals surface area contributed by atoms with E-state index in [4.69, 9.17) is 11.6 Å². The highest BCUT2D eigenvalue weighted by molar-refractivity contribution is 6.30. The summed E-state index contributed by atoms with van der Waals surface area (Å²) in [6.45, 7) is 3.66. The lowest BCUT2D eigenvalue weighted by molar-refractivity contribution is 0.341. The molecule has 2 N–H and O–H groups in total. The number of halogens is 1. The van der Waals surface area contributed by atoms with Gasteiger partial charge >= 0.3 is 0 Å². The number of nitrogens with one attached hydrogen (secondary N) is 2. The second kappa shape index (κ2) is 9.49. The van der Waals surface area contributed by atoms with Gasteiger partial charge in [0.2, 0.25) is 5.95 Å². The molecule has 148 valence electrons. The third-order valence-corrected chi connectivity index (χ3v) is 4.88. The fourth-order valence-corrected chi connectivity index (χ4v) is 3.37. The average Bonchev–Trinajstić information content (AvgIpc) is 3.25. The van der Waals surface area contributed by atoms with Crippen molar-refractivity contribution < 1.29 is 0 Å². The van der Waals surface area contributed by atoms with Gasteiger partial charge in [-0.2, -0.15) is 4.98 Å². The largest absolute Gasteiger partial charge is 0.370 e. The molecule has 0 amide bonds. The number of aromatic nitrogens is 2. The van der Waals surface area contributed by atoms with E-state index < -0.39 is 0 Å². The second-order valence-corrected chi connectivity index (χ2v) is 7.28. The summed E-state index contributed by atoms with van der Waals surface area (Å²) in [6.07, 6.45) is 4.77. The van der Waals surface area contributed by atoms with Crippen LogP contribution in [-0.2, 0) is 0 Å². The van der Waals surface area contributed by atoms with Gasteiger partial charge in [-0.05, 0) is 47.9 Å². The van der Waals surface area contributed by atoms with Gasteiger partial charge in [0.05, 0.1) is 6.67 Å². The Morgan fingerprint density at radius 2 is 1.90 bits per heavy atom. The zero-order valence-electron chi connectivity index (χ0n) is 16.1. The highest BCUT2D eigenvalue weighted by atomic mass is 35.5. The van der Waals surface area contributed by atoms with Gasteiger partial charge in [0.15, 0.2) is 0 Å². The van der Waals surface area contributed by atoms with Crippen molar-refractivity contribution in [2.45, 2.75) is 6.42 Å². The van der Waals surface area contributed by atoms with E-state index in [1.807, 2.05) is 48.7 Å². The molecule has 29 heavy (non-hydrogen) atoms. The molecular weight excluding hydrogens is 384 g/mol. The third kappa shape index (κ3) is 5.53. The number of anilines is 3. The lowest BCUT2D eigenvalue weighted by Crippen LogP contribution is -2.23. The Morgan fingerprint density at radius 3 is 2.72 bits per heavy atom. The maximum Gasteiger partial charge on any atom is 0.229 e. The topological polar surface area (TPSA) is 65.4 Å². The molecule has 4 rings (SSSR count). The number of benzene rings is 2. The van der Waals surface area contributed by atoms with Crippen LogP contribution in [0.2, 0.25) is 5.02 Å². The average molecular weight is 407 g/mol. The molecule has 0 bridgehead atoms. The van der Waals surface area contributed by atoms with Crippen molar-refractivity contribution in [3.05, 3.63) is 65.8 Å². The van der Waals surface area contributed by atoms with E-state index in [0.29, 0.717) is 5.95 Å². The van der Waals surface area contributed by atoms with Crippen LogP contribution in [0.15, 0.2) is 65.8 Å². The van der Waals surface area contributed by atoms with Crippen molar-refractivity contribution in [3.63, 3.8) is 0 Å². The van der Waals surface area contributed by atoms with Gasteiger partial charge in [-0.15, -0.1) is 0 Å². The zero-order chi connectivity index (χ0) is 19.9. The van der Waals surface area contributed by atoms with Crippen LogP contribution in [0.4, 0.5) is 17.5 Å². The highest BCUT2D eigenvalue weighted by Crippen LogP contribution is 2.26. The van der Waals surface area contributed by atoms with Gasteiger partial charge in [-0.25, -0.2) is 4.98 Å². The predicted molar refractivity (Wildman–Crippen MR) is 120 cm³/mol. The predicted octanol–water partition coefficient (Wildman–Crippen LogP) is 4.69. The summed E-state index contributed by atoms with van der Waals surface area (Å²) in [7, 11) is 0. The van der Waals surface area contributed by atoms with Crippen LogP contribution < -0.4 is 10.6 Å². The molecule has 1 aromatic heterocycles. The van der Waals surface area contributed by atoms with Crippen LogP contribution >= 0.6 is 11.6 Å². The highest BCUT2D eigenvalue weighted by Gasteiger charge is 2.06. The fraction of sp³-hybridized carbons (Fsp3) is 0.227. The lowest BCUT2D eigenvalue weighted by atomic mass is 10.1. The Hall–Kier alpha value is -2.96. The number of hydrogen-bond donors (Lipinski definition) is 2. The summed E-state index contributed by atoms with van der Waals surface area (Å²) < 4.78 is 0. The van der Waals surface area contributed by atoms with Crippen molar-refractivity contribution >= 4 is 35.3 Å². The van der Waals surface area contributed by atoms with E-state index in [-0.39, 0.29) is 0 Å². The summed E-state index contributed by atoms with van der Waals surface area (Å²) in [5.74, 6) is 1.37. The molecule has 0 saturated carbocycles. The molecule has 0 radical (unpaired) electrons. The molecule has 6 nitrogen and oxygen atoms in total. The van der Waals surface area contributed by atoms with Gasteiger partial charge in [0.25, 0.3) is 0 Å². The SMILES string of the molecule is Clc1cccc(-c2cccc(Nc3nccc(NCCCN4CC=NC4)n3)c2)c1. The van der Waals surface area contributed by atoms with Crippen molar-refractivity contribution in [2.75, 3.05) is 36.9 Å². The van der Waals surface area contributed by atoms with E-state index in [1.165, 1.54) is 0 Å². The maximum atomic E-state index is 6.12. The fourth-order valence-electron chi connectivity index (χ4n) is 3.18. The number of aliphatic imine (C=N–C) groups is 1. The van der Waals surface area contributed by atoms with Crippen LogP contribution in [0.5, 0.6) is 0 Å². The summed E-state index contributed by atoms with van der Waals surface area (Å²) in [5, 5.41) is 7.37. The molecule has 1 aliphatic rings. The van der Waals surface area contributed by atoms with E-state index in [1.54, 1.807) is 6.20 Å². The van der Waals surface area contributed by atoms with Crippen molar-refractivity contribution in [3.8, 4) is 11.1 Å². The molecule has 0 fully saturated rings. The second-order valence-electron chi connectivity index (χ2n) is 6.85. The van der Waals surface area contributed by atoms with Gasteiger partial charge in [0, 0.05) is 42.8 Å². The van der Waals surface area contributed by atoms with Crippen LogP contribution in [0.3, 0.4) is 0 Å². The van der Waals surface area contributed by atoms with Crippen LogP contribution in [0, 0.1) is 0 Å². The maximum absolute atomic E-state index is 6.12. The molecule has 2 heterocycles. The lowest BCUT2D eigenvalue weighted by Gasteiger charge is -2.13. The van der Waals surface area contributed by atoms with Gasteiger partial charge in [0.1, 0.15) is 5.82 Å². The Morgan fingerprint density at radius 1 is 1.03 bits per heavy atom. The Bertz CT molecular complexity index is 982. The van der Waals surface area contributed by atoms with Crippen molar-refractivity contribution in [1.82, 2.24) is 14.9 Å². The number of rotatable bonds is 8. The summed E-state index contributed by atoms with van der Waals surface area (Å²) in [5.41, 5.74) is 3.08. The first-order valence-corrected chi connectivity index (χ1v) is 10.0. The zero-order valence-corrected chi connectivity index (χ0v) is 16.8. The van der Waals surface area contributed by atoms with E-state index in [9.17, 15) is 0 Å². The molecule has 0 spiro atoms. The Balaban J connectivity index is 1.35. The monoisotopic (exact) mass is 406 g/mol. The van der Waals surface area contributed by atoms with Crippen LogP contribution in [-0.4, -0.2) is 47.4 Å². The third-order valence-electron chi connectivity index (χ3n) is 4.64. The molecule has 0 saturated heterocycles. The van der Waals surface area contributed by atoms with Crippen LogP contribution in [0.25, 0.3) is 11.1 Å². The minimum absolute atomic E-state index is 0.561.